The van der Waals surface area contributed by atoms with E-state index in [1.807, 2.05) is 0 Å². The van der Waals surface area contributed by atoms with E-state index in [1.54, 1.807) is 12.1 Å². The number of para-hydroxylation sites is 1. The van der Waals surface area contributed by atoms with Gasteiger partial charge in [0.25, 0.3) is 0 Å². The largest absolute Gasteiger partial charge is 0.478 e. The van der Waals surface area contributed by atoms with Gasteiger partial charge < -0.3 is 15.4 Å². The van der Waals surface area contributed by atoms with Crippen LogP contribution in [0.5, 0.6) is 0 Å². The van der Waals surface area contributed by atoms with Crippen LogP contribution < -0.4 is 11.0 Å². The number of nitrogens with one attached hydrogen (secondary N) is 2. The second-order valence-corrected chi connectivity index (χ2v) is 5.15. The van der Waals surface area contributed by atoms with Gasteiger partial charge in [0.1, 0.15) is 0 Å². The summed E-state index contributed by atoms with van der Waals surface area (Å²) in [7, 11) is 0. The van der Waals surface area contributed by atoms with E-state index in [1.165, 1.54) is 10.6 Å². The van der Waals surface area contributed by atoms with Crippen LogP contribution in [0.15, 0.2) is 23.0 Å². The van der Waals surface area contributed by atoms with Crippen molar-refractivity contribution in [3.05, 3.63) is 34.2 Å². The summed E-state index contributed by atoms with van der Waals surface area (Å²) in [5.41, 5.74) is 0.522. The van der Waals surface area contributed by atoms with Crippen molar-refractivity contribution < 1.29 is 14.7 Å². The van der Waals surface area contributed by atoms with Crippen LogP contribution >= 0.6 is 0 Å². The number of carbonyl (C=O) groups is 2. The maximum atomic E-state index is 11.9. The van der Waals surface area contributed by atoms with E-state index in [0.717, 1.165) is 12.8 Å². The number of rotatable bonds is 5. The highest BCUT2D eigenvalue weighted by molar-refractivity contribution is 6.00. The van der Waals surface area contributed by atoms with Crippen LogP contribution in [0.25, 0.3) is 11.0 Å². The first-order valence-electron chi connectivity index (χ1n) is 6.80. The molecule has 0 atom stereocenters. The van der Waals surface area contributed by atoms with Crippen molar-refractivity contribution in [3.8, 4) is 0 Å². The fraction of sp³-hybridized carbons (Fsp3) is 0.357. The molecule has 0 unspecified atom stereocenters. The molecule has 110 valence electrons. The molecule has 3 rings (SSSR count). The number of benzene rings is 1. The summed E-state index contributed by atoms with van der Waals surface area (Å²) >= 11 is 0. The molecule has 2 aromatic rings. The van der Waals surface area contributed by atoms with Crippen molar-refractivity contribution in [1.82, 2.24) is 14.9 Å². The molecule has 21 heavy (non-hydrogen) atoms. The Balaban J connectivity index is 1.83. The third-order valence-corrected chi connectivity index (χ3v) is 3.62. The van der Waals surface area contributed by atoms with Gasteiger partial charge in [-0.15, -0.1) is 0 Å². The maximum absolute atomic E-state index is 11.9. The first-order chi connectivity index (χ1) is 10.1. The molecule has 1 saturated carbocycles. The molecule has 1 fully saturated rings. The summed E-state index contributed by atoms with van der Waals surface area (Å²) in [4.78, 5) is 37.2. The van der Waals surface area contributed by atoms with E-state index in [0.29, 0.717) is 24.1 Å². The summed E-state index contributed by atoms with van der Waals surface area (Å²) < 4.78 is 1.44. The predicted molar refractivity (Wildman–Crippen MR) is 75.3 cm³/mol. The van der Waals surface area contributed by atoms with E-state index < -0.39 is 5.97 Å². The number of nitrogens with zero attached hydrogens (tertiary/aromatic N) is 1. The number of carbonyl (C=O) groups excluding carboxylic acids is 1. The number of imidazole rings is 1. The highest BCUT2D eigenvalue weighted by atomic mass is 16.4. The normalized spacial score (nSPS) is 14.3. The average molecular weight is 289 g/mol. The van der Waals surface area contributed by atoms with Crippen LogP contribution in [0.2, 0.25) is 0 Å². The first kappa shape index (κ1) is 13.4. The Labute approximate surface area is 119 Å². The lowest BCUT2D eigenvalue weighted by molar-refractivity contribution is -0.122. The number of aromatic carboxylic acids is 1. The SMILES string of the molecule is O=C(O)c1cccc2c1[nH]c(=O)n2CCNC(=O)C1CC1. The number of aromatic amines is 1. The minimum atomic E-state index is -1.09. The predicted octanol–water partition coefficient (Wildman–Crippen LogP) is 0.554. The van der Waals surface area contributed by atoms with Gasteiger partial charge in [-0.2, -0.15) is 0 Å². The van der Waals surface area contributed by atoms with Crippen LogP contribution in [0.1, 0.15) is 23.2 Å². The molecule has 0 bridgehead atoms. The van der Waals surface area contributed by atoms with E-state index in [-0.39, 0.29) is 23.1 Å². The van der Waals surface area contributed by atoms with Crippen LogP contribution in [0, 0.1) is 5.92 Å². The molecule has 0 aliphatic heterocycles. The molecule has 1 heterocycles. The third kappa shape index (κ3) is 2.54. The van der Waals surface area contributed by atoms with Crippen molar-refractivity contribution in [2.24, 2.45) is 5.92 Å². The number of hydrogen-bond acceptors (Lipinski definition) is 3. The summed E-state index contributed by atoms with van der Waals surface area (Å²) in [5.74, 6) is -0.937. The molecular formula is C14H15N3O4. The van der Waals surface area contributed by atoms with E-state index in [9.17, 15) is 14.4 Å². The van der Waals surface area contributed by atoms with Crippen molar-refractivity contribution >= 4 is 22.9 Å². The number of H-pyrrole nitrogens is 1. The lowest BCUT2D eigenvalue weighted by Gasteiger charge is -2.06. The molecule has 0 spiro atoms. The van der Waals surface area contributed by atoms with Crippen LogP contribution in [0.3, 0.4) is 0 Å². The van der Waals surface area contributed by atoms with Gasteiger partial charge in [-0.25, -0.2) is 9.59 Å². The van der Waals surface area contributed by atoms with Crippen molar-refractivity contribution in [2.45, 2.75) is 19.4 Å². The number of fused-ring (bicyclic) bond motifs is 1. The van der Waals surface area contributed by atoms with Crippen LogP contribution in [-0.2, 0) is 11.3 Å². The molecule has 0 saturated heterocycles. The van der Waals surface area contributed by atoms with Gasteiger partial charge in [0, 0.05) is 19.0 Å². The minimum Gasteiger partial charge on any atom is -0.478 e. The van der Waals surface area contributed by atoms with Gasteiger partial charge in [-0.3, -0.25) is 9.36 Å². The topological polar surface area (TPSA) is 104 Å². The fourth-order valence-electron chi connectivity index (χ4n) is 2.36. The van der Waals surface area contributed by atoms with Gasteiger partial charge in [-0.1, -0.05) is 6.07 Å². The molecule has 1 aliphatic carbocycles. The monoisotopic (exact) mass is 289 g/mol. The van der Waals surface area contributed by atoms with Gasteiger partial charge in [0.15, 0.2) is 0 Å². The zero-order valence-electron chi connectivity index (χ0n) is 11.3. The summed E-state index contributed by atoms with van der Waals surface area (Å²) in [6.07, 6.45) is 1.86. The van der Waals surface area contributed by atoms with E-state index >= 15 is 0 Å². The lowest BCUT2D eigenvalue weighted by Crippen LogP contribution is -2.30. The van der Waals surface area contributed by atoms with E-state index in [2.05, 4.69) is 10.3 Å². The lowest BCUT2D eigenvalue weighted by atomic mass is 10.2. The Morgan fingerprint density at radius 3 is 2.81 bits per heavy atom. The van der Waals surface area contributed by atoms with Crippen molar-refractivity contribution in [2.75, 3.05) is 6.54 Å². The number of hydrogen-bond donors (Lipinski definition) is 3. The molecular weight excluding hydrogens is 274 g/mol. The fourth-order valence-corrected chi connectivity index (χ4v) is 2.36. The molecule has 1 amide bonds. The Morgan fingerprint density at radius 2 is 2.14 bits per heavy atom. The second kappa shape index (κ2) is 5.08. The molecule has 1 aromatic carbocycles. The zero-order chi connectivity index (χ0) is 15.0. The minimum absolute atomic E-state index is 0.0223. The summed E-state index contributed by atoms with van der Waals surface area (Å²) in [6, 6.07) is 4.72. The van der Waals surface area contributed by atoms with Gasteiger partial charge in [-0.05, 0) is 25.0 Å². The Morgan fingerprint density at radius 1 is 1.38 bits per heavy atom. The highest BCUT2D eigenvalue weighted by Crippen LogP contribution is 2.28. The Bertz CT molecular complexity index is 770. The highest BCUT2D eigenvalue weighted by Gasteiger charge is 2.29. The zero-order valence-corrected chi connectivity index (χ0v) is 11.3. The quantitative estimate of drug-likeness (QED) is 0.747. The summed E-state index contributed by atoms with van der Waals surface area (Å²) in [5, 5.41) is 11.9. The first-order valence-corrected chi connectivity index (χ1v) is 6.80. The van der Waals surface area contributed by atoms with E-state index in [4.69, 9.17) is 5.11 Å². The molecule has 3 N–H and O–H groups in total. The molecule has 0 radical (unpaired) electrons. The average Bonchev–Trinajstić information content (AvgIpc) is 3.24. The van der Waals surface area contributed by atoms with Gasteiger partial charge >= 0.3 is 11.7 Å². The molecule has 7 heteroatoms. The number of amides is 1. The van der Waals surface area contributed by atoms with Crippen molar-refractivity contribution in [3.63, 3.8) is 0 Å². The van der Waals surface area contributed by atoms with Crippen molar-refractivity contribution in [1.29, 1.82) is 0 Å². The Hall–Kier alpha value is -2.57. The maximum Gasteiger partial charge on any atom is 0.337 e. The second-order valence-electron chi connectivity index (χ2n) is 5.15. The summed E-state index contributed by atoms with van der Waals surface area (Å²) in [6.45, 7) is 0.653. The number of carboxylic acids is 1. The van der Waals surface area contributed by atoms with Crippen LogP contribution in [0.4, 0.5) is 0 Å². The van der Waals surface area contributed by atoms with Crippen LogP contribution in [-0.4, -0.2) is 33.1 Å². The molecule has 1 aliphatic rings. The standard InChI is InChI=1S/C14H15N3O4/c18-12(8-4-5-8)15-6-7-17-10-3-1-2-9(13(19)20)11(10)16-14(17)21/h1-3,8H,4-7H2,(H,15,18)(H,16,21)(H,19,20). The van der Waals surface area contributed by atoms with Gasteiger partial charge in [0.05, 0.1) is 16.6 Å². The smallest absolute Gasteiger partial charge is 0.337 e. The molecule has 1 aromatic heterocycles. The Kier molecular flexibility index (Phi) is 3.25. The third-order valence-electron chi connectivity index (χ3n) is 3.62. The molecule has 7 nitrogen and oxygen atoms in total. The van der Waals surface area contributed by atoms with Gasteiger partial charge in [0.2, 0.25) is 5.91 Å². The number of carboxylic acid groups (broad SMARTS) is 1. The number of aromatic nitrogens is 2.